The van der Waals surface area contributed by atoms with Crippen LogP contribution in [-0.2, 0) is 28.7 Å². The molecule has 192 valence electrons. The third-order valence-electron chi connectivity index (χ3n) is 5.86. The van der Waals surface area contributed by atoms with Gasteiger partial charge in [-0.15, -0.1) is 0 Å². The zero-order valence-corrected chi connectivity index (χ0v) is 20.6. The molecule has 10 heteroatoms. The number of ether oxygens (including phenoxy) is 2. The molecule has 0 aromatic heterocycles. The number of aliphatic imine (C=N–C) groups is 2. The van der Waals surface area contributed by atoms with Crippen LogP contribution < -0.4 is 0 Å². The van der Waals surface area contributed by atoms with E-state index in [9.17, 15) is 29.4 Å². The molecule has 0 aliphatic heterocycles. The summed E-state index contributed by atoms with van der Waals surface area (Å²) in [7, 11) is 2.54. The van der Waals surface area contributed by atoms with Gasteiger partial charge in [0.05, 0.1) is 50.8 Å². The van der Waals surface area contributed by atoms with Crippen LogP contribution in [0.1, 0.15) is 71.1 Å². The van der Waals surface area contributed by atoms with E-state index in [0.717, 1.165) is 0 Å². The largest absolute Gasteiger partial charge is 0.511 e. The van der Waals surface area contributed by atoms with Crippen molar-refractivity contribution < 1.29 is 38.9 Å². The van der Waals surface area contributed by atoms with Gasteiger partial charge in [0.1, 0.15) is 11.5 Å². The van der Waals surface area contributed by atoms with Gasteiger partial charge in [-0.1, -0.05) is 0 Å². The average Bonchev–Trinajstić information content (AvgIpc) is 2.82. The highest BCUT2D eigenvalue weighted by Gasteiger charge is 2.27. The summed E-state index contributed by atoms with van der Waals surface area (Å²) in [6.45, 7) is 1.85. The summed E-state index contributed by atoms with van der Waals surface area (Å²) in [6.07, 6.45) is 2.63. The first-order valence-electron chi connectivity index (χ1n) is 11.8. The Morgan fingerprint density at radius 1 is 0.800 bits per heavy atom. The first-order valence-corrected chi connectivity index (χ1v) is 11.8. The van der Waals surface area contributed by atoms with Gasteiger partial charge in [-0.2, -0.15) is 0 Å². The molecule has 1 unspecified atom stereocenters. The first-order chi connectivity index (χ1) is 16.7. The van der Waals surface area contributed by atoms with Gasteiger partial charge < -0.3 is 19.7 Å². The van der Waals surface area contributed by atoms with Crippen LogP contribution >= 0.6 is 0 Å². The van der Waals surface area contributed by atoms with Crippen LogP contribution in [0.25, 0.3) is 0 Å². The number of allylic oxidation sites excluding steroid dienone is 4. The molecule has 2 rings (SSSR count). The Labute approximate surface area is 204 Å². The molecule has 0 heterocycles. The molecule has 0 radical (unpaired) electrons. The van der Waals surface area contributed by atoms with E-state index in [-0.39, 0.29) is 79.3 Å². The minimum absolute atomic E-state index is 0.00329. The molecule has 0 saturated heterocycles. The summed E-state index contributed by atoms with van der Waals surface area (Å²) in [6, 6.07) is -0.479. The quantitative estimate of drug-likeness (QED) is 0.331. The number of carbonyl (C=O) groups is 4. The van der Waals surface area contributed by atoms with E-state index in [1.54, 1.807) is 6.92 Å². The fourth-order valence-electron chi connectivity index (χ4n) is 4.04. The van der Waals surface area contributed by atoms with Crippen LogP contribution in [-0.4, -0.2) is 71.9 Å². The second-order valence-corrected chi connectivity index (χ2v) is 8.56. The minimum Gasteiger partial charge on any atom is -0.511 e. The zero-order valence-electron chi connectivity index (χ0n) is 20.6. The topological polar surface area (TPSA) is 152 Å². The van der Waals surface area contributed by atoms with E-state index in [1.165, 1.54) is 14.2 Å². The predicted molar refractivity (Wildman–Crippen MR) is 129 cm³/mol. The number of methoxy groups -OCH3 is 2. The van der Waals surface area contributed by atoms with Crippen molar-refractivity contribution in [2.45, 2.75) is 77.2 Å². The second kappa shape index (κ2) is 13.6. The molecule has 0 aromatic rings. The molecule has 2 aliphatic carbocycles. The smallest absolute Gasteiger partial charge is 0.305 e. The van der Waals surface area contributed by atoms with Gasteiger partial charge in [0.2, 0.25) is 0 Å². The van der Waals surface area contributed by atoms with E-state index in [2.05, 4.69) is 14.7 Å². The fourth-order valence-corrected chi connectivity index (χ4v) is 4.04. The van der Waals surface area contributed by atoms with Crippen LogP contribution in [0.2, 0.25) is 0 Å². The molecule has 0 saturated carbocycles. The Morgan fingerprint density at radius 3 is 1.71 bits per heavy atom. The van der Waals surface area contributed by atoms with Gasteiger partial charge in [0.25, 0.3) is 0 Å². The summed E-state index contributed by atoms with van der Waals surface area (Å²) in [5.41, 5.74) is 0.911. The molecule has 0 bridgehead atoms. The Morgan fingerprint density at radius 2 is 1.26 bits per heavy atom. The molecule has 35 heavy (non-hydrogen) atoms. The molecule has 10 nitrogen and oxygen atoms in total. The van der Waals surface area contributed by atoms with E-state index in [1.807, 2.05) is 0 Å². The summed E-state index contributed by atoms with van der Waals surface area (Å²) in [5, 5.41) is 20.7. The molecule has 0 amide bonds. The van der Waals surface area contributed by atoms with Gasteiger partial charge in [-0.25, -0.2) is 0 Å². The average molecular weight is 491 g/mol. The number of ketones is 2. The highest BCUT2D eigenvalue weighted by Crippen LogP contribution is 2.25. The number of carbonyl (C=O) groups excluding carboxylic acids is 4. The Hall–Kier alpha value is -3.30. The maximum Gasteiger partial charge on any atom is 0.305 e. The van der Waals surface area contributed by atoms with E-state index in [0.29, 0.717) is 37.1 Å². The monoisotopic (exact) mass is 490 g/mol. The van der Waals surface area contributed by atoms with Gasteiger partial charge in [0, 0.05) is 49.9 Å². The molecule has 0 aromatic carbocycles. The second-order valence-electron chi connectivity index (χ2n) is 8.56. The Kier molecular flexibility index (Phi) is 10.8. The highest BCUT2D eigenvalue weighted by atomic mass is 16.5. The highest BCUT2D eigenvalue weighted by molar-refractivity contribution is 6.24. The lowest BCUT2D eigenvalue weighted by atomic mass is 9.90. The summed E-state index contributed by atoms with van der Waals surface area (Å²) in [4.78, 5) is 57.4. The van der Waals surface area contributed by atoms with E-state index in [4.69, 9.17) is 4.74 Å². The number of Topliss-reactive ketones (excluding diaryl/α,β-unsaturated/α-hetero) is 2. The van der Waals surface area contributed by atoms with Crippen molar-refractivity contribution in [3.05, 3.63) is 22.7 Å². The standard InChI is InChI=1S/C25H34N2O8/c1-15(27-17(11-13-23(33)35-3)25-20(30)8-5-9-21(25)31)14-26-16(10-12-22(32)34-2)24-18(28)6-4-7-19(24)29/h15,28,30H,4-14H2,1-3H3. The minimum atomic E-state index is -0.479. The van der Waals surface area contributed by atoms with Crippen LogP contribution in [0.15, 0.2) is 32.6 Å². The number of rotatable bonds is 11. The number of nitrogens with zero attached hydrogens (tertiary/aromatic N) is 2. The van der Waals surface area contributed by atoms with Gasteiger partial charge in [-0.3, -0.25) is 29.2 Å². The molecule has 2 N–H and O–H groups in total. The van der Waals surface area contributed by atoms with Crippen molar-refractivity contribution in [2.24, 2.45) is 9.98 Å². The third-order valence-corrected chi connectivity index (χ3v) is 5.86. The number of esters is 2. The summed E-state index contributed by atoms with van der Waals surface area (Å²) >= 11 is 0. The molecule has 0 fully saturated rings. The molecule has 0 spiro atoms. The van der Waals surface area contributed by atoms with Crippen molar-refractivity contribution in [2.75, 3.05) is 20.8 Å². The van der Waals surface area contributed by atoms with E-state index >= 15 is 0 Å². The number of hydrogen-bond acceptors (Lipinski definition) is 10. The van der Waals surface area contributed by atoms with Crippen molar-refractivity contribution in [1.29, 1.82) is 0 Å². The fraction of sp³-hybridized carbons (Fsp3) is 0.600. The SMILES string of the molecule is COC(=O)CCC(=NCC(C)N=C(CCC(=O)OC)C1=C(O)CCCC1=O)C1=C(O)CCCC1=O. The normalized spacial score (nSPS) is 18.6. The van der Waals surface area contributed by atoms with Crippen LogP contribution in [0.3, 0.4) is 0 Å². The molecule has 2 aliphatic rings. The molecular formula is C25H34N2O8. The summed E-state index contributed by atoms with van der Waals surface area (Å²) < 4.78 is 9.38. The zero-order chi connectivity index (χ0) is 26.0. The lowest BCUT2D eigenvalue weighted by Gasteiger charge is -2.19. The Bertz CT molecular complexity index is 974. The molecular weight excluding hydrogens is 456 g/mol. The maximum atomic E-state index is 12.5. The number of aliphatic hydroxyl groups is 2. The van der Waals surface area contributed by atoms with Crippen LogP contribution in [0.4, 0.5) is 0 Å². The Balaban J connectivity index is 2.33. The number of hydrogen-bond donors (Lipinski definition) is 2. The van der Waals surface area contributed by atoms with Crippen molar-refractivity contribution in [3.8, 4) is 0 Å². The van der Waals surface area contributed by atoms with Crippen molar-refractivity contribution in [1.82, 2.24) is 0 Å². The summed E-state index contributed by atoms with van der Waals surface area (Å²) in [5.74, 6) is -1.46. The van der Waals surface area contributed by atoms with Crippen LogP contribution in [0.5, 0.6) is 0 Å². The number of aliphatic hydroxyl groups excluding tert-OH is 2. The van der Waals surface area contributed by atoms with Crippen molar-refractivity contribution in [3.63, 3.8) is 0 Å². The van der Waals surface area contributed by atoms with E-state index < -0.39 is 18.0 Å². The van der Waals surface area contributed by atoms with Gasteiger partial charge >= 0.3 is 11.9 Å². The lowest BCUT2D eigenvalue weighted by molar-refractivity contribution is -0.141. The lowest BCUT2D eigenvalue weighted by Crippen LogP contribution is -2.23. The first kappa shape index (κ1) is 27.9. The maximum absolute atomic E-state index is 12.5. The third kappa shape index (κ3) is 8.15. The molecule has 1 atom stereocenters. The predicted octanol–water partition coefficient (Wildman–Crippen LogP) is 3.29. The van der Waals surface area contributed by atoms with Crippen molar-refractivity contribution >= 4 is 34.9 Å². The van der Waals surface area contributed by atoms with Crippen LogP contribution in [0, 0.1) is 0 Å². The van der Waals surface area contributed by atoms with Gasteiger partial charge in [-0.05, 0) is 19.8 Å². The van der Waals surface area contributed by atoms with Gasteiger partial charge in [0.15, 0.2) is 11.6 Å².